The average molecular weight is 224 g/mol. The van der Waals surface area contributed by atoms with Crippen molar-refractivity contribution in [3.8, 4) is 0 Å². The third-order valence-electron chi connectivity index (χ3n) is 4.17. The first-order valence-electron chi connectivity index (χ1n) is 6.23. The van der Waals surface area contributed by atoms with Crippen LogP contribution in [-0.4, -0.2) is 11.7 Å². The van der Waals surface area contributed by atoms with Gasteiger partial charge in [-0.2, -0.15) is 0 Å². The van der Waals surface area contributed by atoms with E-state index in [-0.39, 0.29) is 17.4 Å². The number of allylic oxidation sites excluding steroid dienone is 3. The summed E-state index contributed by atoms with van der Waals surface area (Å²) in [6.45, 7) is 14.9. The number of aliphatic hydroxyl groups is 1. The zero-order valence-corrected chi connectivity index (χ0v) is 11.6. The van der Waals surface area contributed by atoms with E-state index in [9.17, 15) is 5.11 Å². The van der Waals surface area contributed by atoms with Gasteiger partial charge in [-0.1, -0.05) is 38.5 Å². The molecule has 0 rings (SSSR count). The molecule has 0 saturated heterocycles. The van der Waals surface area contributed by atoms with Gasteiger partial charge in [-0.05, 0) is 43.9 Å². The maximum absolute atomic E-state index is 9.60. The van der Waals surface area contributed by atoms with Crippen LogP contribution in [0.1, 0.15) is 53.9 Å². The Labute approximate surface area is 101 Å². The predicted molar refractivity (Wildman–Crippen MR) is 72.5 cm³/mol. The molecule has 0 aromatic carbocycles. The molecule has 0 bridgehead atoms. The summed E-state index contributed by atoms with van der Waals surface area (Å²) < 4.78 is 0. The van der Waals surface area contributed by atoms with Crippen LogP contribution in [0.4, 0.5) is 0 Å². The Morgan fingerprint density at radius 2 is 1.88 bits per heavy atom. The van der Waals surface area contributed by atoms with Crippen LogP contribution in [0.3, 0.4) is 0 Å². The summed E-state index contributed by atoms with van der Waals surface area (Å²) in [6.07, 6.45) is 7.36. The lowest BCUT2D eigenvalue weighted by atomic mass is 9.62. The highest BCUT2D eigenvalue weighted by molar-refractivity contribution is 5.04. The van der Waals surface area contributed by atoms with Gasteiger partial charge in [0.2, 0.25) is 0 Å². The molecule has 16 heavy (non-hydrogen) atoms. The summed E-state index contributed by atoms with van der Waals surface area (Å²) in [6, 6.07) is 0. The number of rotatable bonds is 7. The summed E-state index contributed by atoms with van der Waals surface area (Å²) >= 11 is 0. The van der Waals surface area contributed by atoms with Gasteiger partial charge in [0.25, 0.3) is 0 Å². The molecule has 0 amide bonds. The van der Waals surface area contributed by atoms with Crippen LogP contribution in [0, 0.1) is 10.8 Å². The largest absolute Gasteiger partial charge is 0.396 e. The minimum Gasteiger partial charge on any atom is -0.396 e. The second-order valence-electron chi connectivity index (χ2n) is 5.51. The molecule has 2 atom stereocenters. The van der Waals surface area contributed by atoms with Crippen molar-refractivity contribution in [1.29, 1.82) is 0 Å². The first kappa shape index (κ1) is 15.4. The van der Waals surface area contributed by atoms with Crippen molar-refractivity contribution in [2.45, 2.75) is 53.9 Å². The fourth-order valence-electron chi connectivity index (χ4n) is 2.01. The van der Waals surface area contributed by atoms with Gasteiger partial charge < -0.3 is 5.11 Å². The molecule has 94 valence electrons. The van der Waals surface area contributed by atoms with Crippen molar-refractivity contribution in [3.63, 3.8) is 0 Å². The molecule has 0 aliphatic rings. The van der Waals surface area contributed by atoms with Crippen LogP contribution in [-0.2, 0) is 0 Å². The molecule has 0 radical (unpaired) electrons. The Kier molecular flexibility index (Phi) is 6.02. The van der Waals surface area contributed by atoms with E-state index in [4.69, 9.17) is 0 Å². The molecule has 0 aliphatic heterocycles. The van der Waals surface area contributed by atoms with E-state index >= 15 is 0 Å². The molecule has 0 aromatic rings. The zero-order valence-electron chi connectivity index (χ0n) is 11.6. The van der Waals surface area contributed by atoms with E-state index in [0.717, 1.165) is 19.3 Å². The average Bonchev–Trinajstić information content (AvgIpc) is 2.27. The predicted octanol–water partition coefficient (Wildman–Crippen LogP) is 4.33. The topological polar surface area (TPSA) is 20.2 Å². The van der Waals surface area contributed by atoms with Crippen LogP contribution in [0.25, 0.3) is 0 Å². The van der Waals surface area contributed by atoms with Crippen LogP contribution in [0.15, 0.2) is 24.3 Å². The maximum atomic E-state index is 9.60. The fraction of sp³-hybridized carbons (Fsp3) is 0.733. The first-order chi connectivity index (χ1) is 7.35. The van der Waals surface area contributed by atoms with E-state index in [1.54, 1.807) is 0 Å². The Morgan fingerprint density at radius 1 is 1.31 bits per heavy atom. The molecule has 0 saturated carbocycles. The molecule has 0 aliphatic carbocycles. The van der Waals surface area contributed by atoms with E-state index in [1.165, 1.54) is 5.57 Å². The number of hydrogen-bond donors (Lipinski definition) is 1. The molecule has 1 heteroatoms. The Balaban J connectivity index is 4.77. The van der Waals surface area contributed by atoms with Gasteiger partial charge in [-0.3, -0.25) is 0 Å². The Bertz CT molecular complexity index is 244. The van der Waals surface area contributed by atoms with Gasteiger partial charge in [0.05, 0.1) is 0 Å². The molecule has 0 heterocycles. The first-order valence-corrected chi connectivity index (χ1v) is 6.23. The minimum absolute atomic E-state index is 0.00243. The molecule has 0 aromatic heterocycles. The fourth-order valence-corrected chi connectivity index (χ4v) is 2.01. The smallest absolute Gasteiger partial charge is 0.0492 e. The lowest BCUT2D eigenvalue weighted by Gasteiger charge is -2.43. The van der Waals surface area contributed by atoms with Gasteiger partial charge in [0.1, 0.15) is 0 Å². The Morgan fingerprint density at radius 3 is 2.19 bits per heavy atom. The van der Waals surface area contributed by atoms with Gasteiger partial charge in [0.15, 0.2) is 0 Å². The minimum atomic E-state index is -0.0652. The zero-order chi connectivity index (χ0) is 12.8. The SMILES string of the molecule is C=C[C@@](C)(CCC=C(C)C)[C@@](C)(CC)CO. The van der Waals surface area contributed by atoms with Crippen molar-refractivity contribution >= 4 is 0 Å². The van der Waals surface area contributed by atoms with Gasteiger partial charge in [0, 0.05) is 6.61 Å². The van der Waals surface area contributed by atoms with Crippen LogP contribution in [0.5, 0.6) is 0 Å². The van der Waals surface area contributed by atoms with E-state index in [1.807, 2.05) is 6.08 Å². The van der Waals surface area contributed by atoms with E-state index in [2.05, 4.69) is 47.3 Å². The van der Waals surface area contributed by atoms with Crippen LogP contribution < -0.4 is 0 Å². The van der Waals surface area contributed by atoms with Crippen molar-refractivity contribution in [2.75, 3.05) is 6.61 Å². The summed E-state index contributed by atoms with van der Waals surface area (Å²) in [7, 11) is 0. The molecular weight excluding hydrogens is 196 g/mol. The maximum Gasteiger partial charge on any atom is 0.0492 e. The third-order valence-corrected chi connectivity index (χ3v) is 4.17. The standard InChI is InChI=1S/C15H28O/c1-7-14(5,11-9-10-13(3)4)15(6,8-2)12-16/h7,10,16H,1,8-9,11-12H2,2-6H3/t14-,15-/m0/s1. The monoisotopic (exact) mass is 224 g/mol. The third kappa shape index (κ3) is 3.48. The second kappa shape index (κ2) is 6.24. The normalized spacial score (nSPS) is 18.4. The molecule has 1 N–H and O–H groups in total. The van der Waals surface area contributed by atoms with Crippen molar-refractivity contribution < 1.29 is 5.11 Å². The van der Waals surface area contributed by atoms with Crippen LogP contribution >= 0.6 is 0 Å². The molecule has 0 fully saturated rings. The number of aliphatic hydroxyl groups excluding tert-OH is 1. The van der Waals surface area contributed by atoms with Crippen molar-refractivity contribution in [3.05, 3.63) is 24.3 Å². The molecular formula is C15H28O. The van der Waals surface area contributed by atoms with E-state index in [0.29, 0.717) is 0 Å². The lowest BCUT2D eigenvalue weighted by Crippen LogP contribution is -2.38. The van der Waals surface area contributed by atoms with Crippen molar-refractivity contribution in [1.82, 2.24) is 0 Å². The molecule has 1 nitrogen and oxygen atoms in total. The molecule has 0 unspecified atom stereocenters. The highest BCUT2D eigenvalue weighted by Gasteiger charge is 2.39. The summed E-state index contributed by atoms with van der Waals surface area (Å²) in [5.74, 6) is 0. The van der Waals surface area contributed by atoms with Gasteiger partial charge in [-0.15, -0.1) is 6.58 Å². The molecule has 0 spiro atoms. The quantitative estimate of drug-likeness (QED) is 0.638. The summed E-state index contributed by atoms with van der Waals surface area (Å²) in [5, 5.41) is 9.60. The van der Waals surface area contributed by atoms with Crippen LogP contribution in [0.2, 0.25) is 0 Å². The second-order valence-corrected chi connectivity index (χ2v) is 5.51. The lowest BCUT2D eigenvalue weighted by molar-refractivity contribution is 0.0312. The summed E-state index contributed by atoms with van der Waals surface area (Å²) in [4.78, 5) is 0. The Hall–Kier alpha value is -0.560. The van der Waals surface area contributed by atoms with Gasteiger partial charge >= 0.3 is 0 Å². The highest BCUT2D eigenvalue weighted by atomic mass is 16.3. The van der Waals surface area contributed by atoms with Crippen molar-refractivity contribution in [2.24, 2.45) is 10.8 Å². The van der Waals surface area contributed by atoms with E-state index < -0.39 is 0 Å². The summed E-state index contributed by atoms with van der Waals surface area (Å²) in [5.41, 5.74) is 1.29. The highest BCUT2D eigenvalue weighted by Crippen LogP contribution is 2.46. The van der Waals surface area contributed by atoms with Gasteiger partial charge in [-0.25, -0.2) is 0 Å². The number of hydrogen-bond acceptors (Lipinski definition) is 1.